The van der Waals surface area contributed by atoms with Crippen LogP contribution >= 0.6 is 0 Å². The van der Waals surface area contributed by atoms with E-state index in [1.165, 1.54) is 24.4 Å². The lowest BCUT2D eigenvalue weighted by Gasteiger charge is -2.06. The fourth-order valence-corrected chi connectivity index (χ4v) is 2.27. The van der Waals surface area contributed by atoms with Crippen molar-refractivity contribution in [2.75, 3.05) is 0 Å². The largest absolute Gasteiger partial charge is 0.317 e. The van der Waals surface area contributed by atoms with Crippen LogP contribution in [0.25, 0.3) is 11.8 Å². The first kappa shape index (κ1) is 15.4. The minimum absolute atomic E-state index is 0.0368. The molecule has 0 atom stereocenters. The fraction of sp³-hybridized carbons (Fsp3) is 0. The third-order valence-electron chi connectivity index (χ3n) is 3.47. The predicted molar refractivity (Wildman–Crippen MR) is 90.0 cm³/mol. The molecule has 0 amide bonds. The van der Waals surface area contributed by atoms with Gasteiger partial charge in [-0.1, -0.05) is 0 Å². The number of nitrogens with zero attached hydrogens (tertiary/aromatic N) is 3. The van der Waals surface area contributed by atoms with E-state index in [1.54, 1.807) is 36.5 Å². The van der Waals surface area contributed by atoms with Crippen molar-refractivity contribution >= 4 is 17.5 Å². The van der Waals surface area contributed by atoms with Crippen LogP contribution in [-0.2, 0) is 0 Å². The monoisotopic (exact) mass is 319 g/mol. The standard InChI is InChI=1S/C18H13N3O3/c22-18(14-3-1-11-19-13-14)10-9-15-4-2-12-20(15)16-5-7-17(8-6-16)21(23)24/h1-13H/b10-9+. The summed E-state index contributed by atoms with van der Waals surface area (Å²) in [6.07, 6.45) is 8.14. The Kier molecular flexibility index (Phi) is 4.29. The zero-order valence-electron chi connectivity index (χ0n) is 12.6. The van der Waals surface area contributed by atoms with Crippen LogP contribution in [0.1, 0.15) is 16.1 Å². The molecule has 3 aromatic rings. The smallest absolute Gasteiger partial charge is 0.269 e. The summed E-state index contributed by atoms with van der Waals surface area (Å²) in [5.74, 6) is -0.139. The van der Waals surface area contributed by atoms with Gasteiger partial charge in [-0.25, -0.2) is 0 Å². The number of benzene rings is 1. The number of carbonyl (C=O) groups excluding carboxylic acids is 1. The molecular weight excluding hydrogens is 306 g/mol. The molecule has 0 saturated heterocycles. The van der Waals surface area contributed by atoms with Gasteiger partial charge in [-0.05, 0) is 48.6 Å². The highest BCUT2D eigenvalue weighted by Gasteiger charge is 2.07. The van der Waals surface area contributed by atoms with Crippen LogP contribution in [0.5, 0.6) is 0 Å². The van der Waals surface area contributed by atoms with Crippen LogP contribution in [0.15, 0.2) is 73.2 Å². The van der Waals surface area contributed by atoms with Crippen molar-refractivity contribution in [1.29, 1.82) is 0 Å². The molecule has 0 aliphatic heterocycles. The van der Waals surface area contributed by atoms with Crippen LogP contribution in [0.3, 0.4) is 0 Å². The van der Waals surface area contributed by atoms with Gasteiger partial charge < -0.3 is 4.57 Å². The van der Waals surface area contributed by atoms with E-state index in [9.17, 15) is 14.9 Å². The van der Waals surface area contributed by atoms with Crippen molar-refractivity contribution in [3.8, 4) is 5.69 Å². The molecule has 118 valence electrons. The van der Waals surface area contributed by atoms with Crippen LogP contribution < -0.4 is 0 Å². The van der Waals surface area contributed by atoms with E-state index in [0.29, 0.717) is 5.56 Å². The van der Waals surface area contributed by atoms with E-state index >= 15 is 0 Å². The van der Waals surface area contributed by atoms with E-state index < -0.39 is 4.92 Å². The molecule has 1 aromatic carbocycles. The summed E-state index contributed by atoms with van der Waals surface area (Å²) in [7, 11) is 0. The maximum absolute atomic E-state index is 12.1. The van der Waals surface area contributed by atoms with Gasteiger partial charge in [0.1, 0.15) is 0 Å². The molecular formula is C18H13N3O3. The number of carbonyl (C=O) groups is 1. The minimum Gasteiger partial charge on any atom is -0.317 e. The molecule has 0 spiro atoms. The Morgan fingerprint density at radius 2 is 1.92 bits per heavy atom. The number of aromatic nitrogens is 2. The molecule has 24 heavy (non-hydrogen) atoms. The molecule has 6 nitrogen and oxygen atoms in total. The summed E-state index contributed by atoms with van der Waals surface area (Å²) < 4.78 is 1.84. The van der Waals surface area contributed by atoms with E-state index in [2.05, 4.69) is 4.98 Å². The Balaban J connectivity index is 1.84. The zero-order valence-corrected chi connectivity index (χ0v) is 12.6. The van der Waals surface area contributed by atoms with Crippen molar-refractivity contribution in [2.45, 2.75) is 0 Å². The molecule has 0 fully saturated rings. The van der Waals surface area contributed by atoms with Crippen LogP contribution in [0.2, 0.25) is 0 Å². The molecule has 0 unspecified atom stereocenters. The minimum atomic E-state index is -0.438. The summed E-state index contributed by atoms with van der Waals surface area (Å²) in [5, 5.41) is 10.7. The van der Waals surface area contributed by atoms with Crippen molar-refractivity contribution in [2.24, 2.45) is 0 Å². The third-order valence-corrected chi connectivity index (χ3v) is 3.47. The second kappa shape index (κ2) is 6.70. The molecule has 6 heteroatoms. The van der Waals surface area contributed by atoms with Crippen molar-refractivity contribution in [3.05, 3.63) is 94.6 Å². The summed E-state index contributed by atoms with van der Waals surface area (Å²) >= 11 is 0. The number of rotatable bonds is 5. The lowest BCUT2D eigenvalue weighted by atomic mass is 10.2. The Labute approximate surface area is 137 Å². The summed E-state index contributed by atoms with van der Waals surface area (Å²) in [6.45, 7) is 0. The molecule has 0 aliphatic carbocycles. The molecule has 0 aliphatic rings. The quantitative estimate of drug-likeness (QED) is 0.311. The van der Waals surface area contributed by atoms with Gasteiger partial charge in [0.05, 0.1) is 4.92 Å². The number of pyridine rings is 1. The van der Waals surface area contributed by atoms with Crippen molar-refractivity contribution < 1.29 is 9.72 Å². The second-order valence-corrected chi connectivity index (χ2v) is 5.02. The number of allylic oxidation sites excluding steroid dienone is 1. The highest BCUT2D eigenvalue weighted by atomic mass is 16.6. The zero-order chi connectivity index (χ0) is 16.9. The van der Waals surface area contributed by atoms with Gasteiger partial charge in [0.25, 0.3) is 5.69 Å². The number of hydrogen-bond acceptors (Lipinski definition) is 4. The van der Waals surface area contributed by atoms with E-state index in [1.807, 2.05) is 22.9 Å². The normalized spacial score (nSPS) is 10.8. The molecule has 0 saturated carbocycles. The van der Waals surface area contributed by atoms with Crippen molar-refractivity contribution in [3.63, 3.8) is 0 Å². The predicted octanol–water partition coefficient (Wildman–Crippen LogP) is 3.68. The Bertz CT molecular complexity index is 897. The highest BCUT2D eigenvalue weighted by molar-refractivity contribution is 6.06. The molecule has 2 aromatic heterocycles. The van der Waals surface area contributed by atoms with Gasteiger partial charge in [0, 0.05) is 47.7 Å². The summed E-state index contributed by atoms with van der Waals surface area (Å²) in [5.41, 5.74) is 2.12. The van der Waals surface area contributed by atoms with Crippen LogP contribution in [0.4, 0.5) is 5.69 Å². The summed E-state index contributed by atoms with van der Waals surface area (Å²) in [6, 6.07) is 13.3. The average molecular weight is 319 g/mol. The fourth-order valence-electron chi connectivity index (χ4n) is 2.27. The number of nitro groups is 1. The Morgan fingerprint density at radius 3 is 2.58 bits per heavy atom. The SMILES string of the molecule is O=C(/C=C/c1cccn1-c1ccc([N+](=O)[O-])cc1)c1cccnc1. The Hall–Kier alpha value is -3.54. The molecule has 2 heterocycles. The van der Waals surface area contributed by atoms with Crippen molar-refractivity contribution in [1.82, 2.24) is 9.55 Å². The third kappa shape index (κ3) is 3.27. The first-order valence-corrected chi connectivity index (χ1v) is 7.20. The topological polar surface area (TPSA) is 78.0 Å². The Morgan fingerprint density at radius 1 is 1.12 bits per heavy atom. The second-order valence-electron chi connectivity index (χ2n) is 5.02. The first-order chi connectivity index (χ1) is 11.6. The first-order valence-electron chi connectivity index (χ1n) is 7.20. The maximum Gasteiger partial charge on any atom is 0.269 e. The van der Waals surface area contributed by atoms with Gasteiger partial charge in [-0.2, -0.15) is 0 Å². The highest BCUT2D eigenvalue weighted by Crippen LogP contribution is 2.18. The lowest BCUT2D eigenvalue weighted by Crippen LogP contribution is -1.97. The average Bonchev–Trinajstić information content (AvgIpc) is 3.09. The number of nitro benzene ring substituents is 1. The van der Waals surface area contributed by atoms with E-state index in [-0.39, 0.29) is 11.5 Å². The van der Waals surface area contributed by atoms with Gasteiger partial charge >= 0.3 is 0 Å². The van der Waals surface area contributed by atoms with Gasteiger partial charge in [-0.3, -0.25) is 19.9 Å². The summed E-state index contributed by atoms with van der Waals surface area (Å²) in [4.78, 5) is 26.3. The van der Waals surface area contributed by atoms with Gasteiger partial charge in [0.2, 0.25) is 0 Å². The number of non-ortho nitro benzene ring substituents is 1. The van der Waals surface area contributed by atoms with Gasteiger partial charge in [0.15, 0.2) is 5.78 Å². The molecule has 0 bridgehead atoms. The van der Waals surface area contributed by atoms with E-state index in [0.717, 1.165) is 11.4 Å². The molecule has 0 radical (unpaired) electrons. The number of ketones is 1. The van der Waals surface area contributed by atoms with Gasteiger partial charge in [-0.15, -0.1) is 0 Å². The molecule has 0 N–H and O–H groups in total. The van der Waals surface area contributed by atoms with Crippen LogP contribution in [0, 0.1) is 10.1 Å². The maximum atomic E-state index is 12.1. The lowest BCUT2D eigenvalue weighted by molar-refractivity contribution is -0.384. The van der Waals surface area contributed by atoms with Crippen LogP contribution in [-0.4, -0.2) is 20.3 Å². The number of hydrogen-bond donors (Lipinski definition) is 0. The molecule has 3 rings (SSSR count). The van der Waals surface area contributed by atoms with E-state index in [4.69, 9.17) is 0 Å².